The minimum atomic E-state index is -0.489. The number of nitrogens with zero attached hydrogens (tertiary/aromatic N) is 2. The van der Waals surface area contributed by atoms with Crippen LogP contribution in [0.25, 0.3) is 6.08 Å². The van der Waals surface area contributed by atoms with Gasteiger partial charge in [0.2, 0.25) is 0 Å². The first-order chi connectivity index (χ1) is 13.0. The van der Waals surface area contributed by atoms with Crippen LogP contribution in [0.1, 0.15) is 16.0 Å². The molecule has 0 atom stereocenters. The highest BCUT2D eigenvalue weighted by molar-refractivity contribution is 9.10. The molecule has 0 spiro atoms. The molecule has 3 rings (SSSR count). The number of carbonyl (C=O) groups is 1. The number of thiazole rings is 1. The highest BCUT2D eigenvalue weighted by atomic mass is 79.9. The van der Waals surface area contributed by atoms with Gasteiger partial charge in [-0.3, -0.25) is 10.1 Å². The van der Waals surface area contributed by atoms with Crippen LogP contribution in [-0.2, 0) is 11.2 Å². The first-order valence-electron chi connectivity index (χ1n) is 7.91. The molecule has 0 bridgehead atoms. The number of anilines is 1. The summed E-state index contributed by atoms with van der Waals surface area (Å²) in [5.41, 5.74) is 1.88. The molecule has 1 aromatic heterocycles. The lowest BCUT2D eigenvalue weighted by Crippen LogP contribution is -2.13. The minimum Gasteiger partial charge on any atom is -0.297 e. The number of nitrogens with one attached hydrogen (secondary N) is 1. The molecule has 0 aliphatic heterocycles. The molecular weight excluding hydrogens is 446 g/mol. The van der Waals surface area contributed by atoms with Gasteiger partial charge < -0.3 is 0 Å². The largest absolute Gasteiger partial charge is 0.297 e. The fourth-order valence-corrected chi connectivity index (χ4v) is 3.52. The van der Waals surface area contributed by atoms with Crippen molar-refractivity contribution in [3.05, 3.63) is 85.8 Å². The van der Waals surface area contributed by atoms with Crippen molar-refractivity contribution >= 4 is 56.0 Å². The van der Waals surface area contributed by atoms with E-state index >= 15 is 0 Å². The Bertz CT molecular complexity index is 1020. The van der Waals surface area contributed by atoms with Crippen molar-refractivity contribution in [1.82, 2.24) is 4.98 Å². The second-order valence-electron chi connectivity index (χ2n) is 5.61. The van der Waals surface area contributed by atoms with E-state index in [2.05, 4.69) is 26.2 Å². The summed E-state index contributed by atoms with van der Waals surface area (Å²) in [6.07, 6.45) is 3.98. The van der Waals surface area contributed by atoms with Gasteiger partial charge in [-0.2, -0.15) is 5.26 Å². The lowest BCUT2D eigenvalue weighted by molar-refractivity contribution is -0.112. The van der Waals surface area contributed by atoms with Gasteiger partial charge in [-0.15, -0.1) is 11.3 Å². The van der Waals surface area contributed by atoms with Crippen molar-refractivity contribution in [3.63, 3.8) is 0 Å². The summed E-state index contributed by atoms with van der Waals surface area (Å²) in [4.78, 5) is 17.6. The number of carbonyl (C=O) groups excluding carboxylic acids is 1. The predicted molar refractivity (Wildman–Crippen MR) is 113 cm³/mol. The average Bonchev–Trinajstić information content (AvgIpc) is 3.10. The van der Waals surface area contributed by atoms with Gasteiger partial charge in [0.25, 0.3) is 5.91 Å². The number of halogens is 2. The lowest BCUT2D eigenvalue weighted by Gasteiger charge is -2.01. The van der Waals surface area contributed by atoms with E-state index in [1.165, 1.54) is 17.4 Å². The number of amides is 1. The zero-order valence-electron chi connectivity index (χ0n) is 13.9. The number of hydrogen-bond donors (Lipinski definition) is 1. The van der Waals surface area contributed by atoms with Gasteiger partial charge in [0, 0.05) is 27.0 Å². The molecule has 27 heavy (non-hydrogen) atoms. The van der Waals surface area contributed by atoms with Crippen LogP contribution in [0.2, 0.25) is 5.02 Å². The minimum absolute atomic E-state index is 0.00184. The Hall–Kier alpha value is -2.46. The summed E-state index contributed by atoms with van der Waals surface area (Å²) >= 11 is 10.6. The molecule has 0 aliphatic rings. The molecule has 0 saturated heterocycles. The first-order valence-corrected chi connectivity index (χ1v) is 9.90. The van der Waals surface area contributed by atoms with Crippen molar-refractivity contribution in [2.24, 2.45) is 0 Å². The van der Waals surface area contributed by atoms with Crippen LogP contribution in [0.5, 0.6) is 0 Å². The Morgan fingerprint density at radius 1 is 1.22 bits per heavy atom. The highest BCUT2D eigenvalue weighted by Crippen LogP contribution is 2.23. The number of rotatable bonds is 5. The second-order valence-corrected chi connectivity index (χ2v) is 8.08. The monoisotopic (exact) mass is 457 g/mol. The van der Waals surface area contributed by atoms with E-state index in [0.29, 0.717) is 10.2 Å². The summed E-state index contributed by atoms with van der Waals surface area (Å²) in [5, 5.41) is 13.0. The van der Waals surface area contributed by atoms with Gasteiger partial charge in [-0.25, -0.2) is 4.98 Å². The van der Waals surface area contributed by atoms with Crippen LogP contribution in [-0.4, -0.2) is 10.9 Å². The molecule has 1 N–H and O–H groups in total. The van der Waals surface area contributed by atoms with Gasteiger partial charge in [-0.1, -0.05) is 51.8 Å². The van der Waals surface area contributed by atoms with E-state index in [4.69, 9.17) is 11.6 Å². The second kappa shape index (κ2) is 8.96. The predicted octanol–water partition coefficient (Wildman–Crippen LogP) is 5.70. The summed E-state index contributed by atoms with van der Waals surface area (Å²) < 4.78 is 1.03. The normalized spacial score (nSPS) is 11.1. The van der Waals surface area contributed by atoms with E-state index in [9.17, 15) is 10.1 Å². The van der Waals surface area contributed by atoms with Crippen LogP contribution >= 0.6 is 38.9 Å². The summed E-state index contributed by atoms with van der Waals surface area (Å²) in [6.45, 7) is 0. The maximum absolute atomic E-state index is 12.4. The zero-order chi connectivity index (χ0) is 19.2. The van der Waals surface area contributed by atoms with Crippen LogP contribution in [0, 0.1) is 11.3 Å². The van der Waals surface area contributed by atoms with Crippen molar-refractivity contribution in [2.75, 3.05) is 5.32 Å². The molecule has 0 aliphatic carbocycles. The maximum Gasteiger partial charge on any atom is 0.268 e. The molecule has 4 nitrogen and oxygen atoms in total. The summed E-state index contributed by atoms with van der Waals surface area (Å²) in [6, 6.07) is 16.9. The molecule has 3 aromatic rings. The average molecular weight is 459 g/mol. The molecule has 0 saturated carbocycles. The molecule has 2 aromatic carbocycles. The van der Waals surface area contributed by atoms with Gasteiger partial charge in [0.05, 0.1) is 0 Å². The number of aromatic nitrogens is 1. The highest BCUT2D eigenvalue weighted by Gasteiger charge is 2.12. The Morgan fingerprint density at radius 3 is 2.59 bits per heavy atom. The fourth-order valence-electron chi connectivity index (χ4n) is 2.29. The Kier molecular flexibility index (Phi) is 6.40. The third-order valence-electron chi connectivity index (χ3n) is 3.61. The third kappa shape index (κ3) is 5.51. The Labute approximate surface area is 174 Å². The molecular formula is C20H13BrClN3OS. The lowest BCUT2D eigenvalue weighted by atomic mass is 10.1. The third-order valence-corrected chi connectivity index (χ3v) is 5.31. The molecule has 0 unspecified atom stereocenters. The van der Waals surface area contributed by atoms with Crippen LogP contribution in [0.15, 0.2) is 64.8 Å². The Morgan fingerprint density at radius 2 is 1.93 bits per heavy atom. The number of nitriles is 1. The van der Waals surface area contributed by atoms with Crippen molar-refractivity contribution in [3.8, 4) is 6.07 Å². The Balaban J connectivity index is 1.68. The molecule has 134 valence electrons. The van der Waals surface area contributed by atoms with Crippen molar-refractivity contribution in [1.29, 1.82) is 5.26 Å². The smallest absolute Gasteiger partial charge is 0.268 e. The van der Waals surface area contributed by atoms with E-state index in [1.807, 2.05) is 30.3 Å². The van der Waals surface area contributed by atoms with Crippen LogP contribution < -0.4 is 5.32 Å². The van der Waals surface area contributed by atoms with Gasteiger partial charge in [0.15, 0.2) is 5.13 Å². The molecule has 7 heteroatoms. The number of benzene rings is 2. The molecule has 0 fully saturated rings. The van der Waals surface area contributed by atoms with Gasteiger partial charge in [-0.05, 0) is 41.5 Å². The van der Waals surface area contributed by atoms with Crippen LogP contribution in [0.3, 0.4) is 0 Å². The quantitative estimate of drug-likeness (QED) is 0.394. The maximum atomic E-state index is 12.4. The summed E-state index contributed by atoms with van der Waals surface area (Å²) in [5.74, 6) is -0.489. The fraction of sp³-hybridized carbons (Fsp3) is 0.0500. The van der Waals surface area contributed by atoms with E-state index < -0.39 is 5.91 Å². The molecule has 0 radical (unpaired) electrons. The zero-order valence-corrected chi connectivity index (χ0v) is 17.1. The summed E-state index contributed by atoms with van der Waals surface area (Å²) in [7, 11) is 0. The topological polar surface area (TPSA) is 65.8 Å². The first kappa shape index (κ1) is 19.3. The van der Waals surface area contributed by atoms with Gasteiger partial charge in [0.1, 0.15) is 11.6 Å². The molecule has 1 amide bonds. The standard InChI is InChI=1S/C20H13BrClN3OS/c21-16-5-1-14(2-6-16)10-18-12-24-20(27-18)25-19(26)15(11-23)9-13-3-7-17(22)8-4-13/h1-9,12H,10H2,(H,24,25,26). The van der Waals surface area contributed by atoms with Crippen molar-refractivity contribution < 1.29 is 4.79 Å². The number of hydrogen-bond acceptors (Lipinski definition) is 4. The van der Waals surface area contributed by atoms with E-state index in [0.717, 1.165) is 26.9 Å². The van der Waals surface area contributed by atoms with Gasteiger partial charge >= 0.3 is 0 Å². The van der Waals surface area contributed by atoms with E-state index in [1.54, 1.807) is 30.5 Å². The molecule has 1 heterocycles. The van der Waals surface area contributed by atoms with Crippen LogP contribution in [0.4, 0.5) is 5.13 Å². The SMILES string of the molecule is N#CC(=Cc1ccc(Cl)cc1)C(=O)Nc1ncc(Cc2ccc(Br)cc2)s1. The van der Waals surface area contributed by atoms with E-state index in [-0.39, 0.29) is 5.57 Å². The van der Waals surface area contributed by atoms with Crippen molar-refractivity contribution in [2.45, 2.75) is 6.42 Å².